The zero-order valence-corrected chi connectivity index (χ0v) is 15.4. The number of ketones is 1. The van der Waals surface area contributed by atoms with E-state index in [1.807, 2.05) is 25.1 Å². The van der Waals surface area contributed by atoms with Gasteiger partial charge in [-0.2, -0.15) is 0 Å². The first-order valence-electron chi connectivity index (χ1n) is 8.76. The summed E-state index contributed by atoms with van der Waals surface area (Å²) in [5, 5.41) is 2.40. The number of carbonyl (C=O) groups excluding carboxylic acids is 3. The van der Waals surface area contributed by atoms with Crippen molar-refractivity contribution in [3.05, 3.63) is 65.7 Å². The van der Waals surface area contributed by atoms with Crippen LogP contribution in [0, 0.1) is 0 Å². The third-order valence-corrected chi connectivity index (χ3v) is 3.87. The minimum atomic E-state index is -0.928. The number of benzene rings is 2. The van der Waals surface area contributed by atoms with Crippen LogP contribution in [0.4, 0.5) is 0 Å². The van der Waals surface area contributed by atoms with Gasteiger partial charge in [0.25, 0.3) is 5.91 Å². The van der Waals surface area contributed by atoms with E-state index >= 15 is 0 Å². The summed E-state index contributed by atoms with van der Waals surface area (Å²) in [5.74, 6) is -0.868. The van der Waals surface area contributed by atoms with E-state index in [4.69, 9.17) is 9.47 Å². The summed E-state index contributed by atoms with van der Waals surface area (Å²) < 4.78 is 10.4. The zero-order valence-electron chi connectivity index (χ0n) is 15.4. The largest absolute Gasteiger partial charge is 0.484 e. The molecule has 0 saturated carbocycles. The van der Waals surface area contributed by atoms with Crippen LogP contribution in [0.1, 0.15) is 29.8 Å². The van der Waals surface area contributed by atoms with Crippen molar-refractivity contribution in [2.45, 2.75) is 26.4 Å². The van der Waals surface area contributed by atoms with E-state index in [1.54, 1.807) is 36.4 Å². The summed E-state index contributed by atoms with van der Waals surface area (Å²) in [5.41, 5.74) is 1.60. The maximum absolute atomic E-state index is 12.3. The molecule has 6 nitrogen and oxygen atoms in total. The van der Waals surface area contributed by atoms with Gasteiger partial charge < -0.3 is 14.8 Å². The van der Waals surface area contributed by atoms with Gasteiger partial charge in [-0.1, -0.05) is 49.4 Å². The Morgan fingerprint density at radius 1 is 1.00 bits per heavy atom. The molecule has 0 aliphatic heterocycles. The van der Waals surface area contributed by atoms with Gasteiger partial charge in [-0.3, -0.25) is 14.4 Å². The summed E-state index contributed by atoms with van der Waals surface area (Å²) in [6, 6.07) is 16.0. The van der Waals surface area contributed by atoms with Gasteiger partial charge in [0.05, 0.1) is 0 Å². The van der Waals surface area contributed by atoms with E-state index in [1.165, 1.54) is 6.92 Å². The highest BCUT2D eigenvalue weighted by Gasteiger charge is 2.19. The summed E-state index contributed by atoms with van der Waals surface area (Å²) >= 11 is 0. The third-order valence-electron chi connectivity index (χ3n) is 3.87. The summed E-state index contributed by atoms with van der Waals surface area (Å²) in [4.78, 5) is 35.8. The fourth-order valence-electron chi connectivity index (χ4n) is 2.32. The lowest BCUT2D eigenvalue weighted by atomic mass is 10.0. The molecular formula is C21H23NO5. The van der Waals surface area contributed by atoms with Crippen molar-refractivity contribution in [3.63, 3.8) is 0 Å². The van der Waals surface area contributed by atoms with Gasteiger partial charge in [0.1, 0.15) is 12.3 Å². The Hall–Kier alpha value is -3.15. The number of esters is 1. The first-order valence-corrected chi connectivity index (χ1v) is 8.76. The first-order chi connectivity index (χ1) is 13.0. The van der Waals surface area contributed by atoms with Gasteiger partial charge in [0, 0.05) is 5.56 Å². The fraction of sp³-hybridized carbons (Fsp3) is 0.286. The molecular weight excluding hydrogens is 346 g/mol. The number of carbonyl (C=O) groups is 3. The van der Waals surface area contributed by atoms with Crippen molar-refractivity contribution >= 4 is 17.7 Å². The molecule has 2 rings (SSSR count). The number of hydrogen-bond acceptors (Lipinski definition) is 5. The second-order valence-electron chi connectivity index (χ2n) is 5.93. The SMILES string of the molecule is CCc1ccc(C(=O)C(C)OC(=O)CNC(=O)COc2ccccc2)cc1. The number of aryl methyl sites for hydroxylation is 1. The van der Waals surface area contributed by atoms with E-state index < -0.39 is 18.0 Å². The highest BCUT2D eigenvalue weighted by atomic mass is 16.5. The van der Waals surface area contributed by atoms with Gasteiger partial charge in [0.2, 0.25) is 5.78 Å². The lowest BCUT2D eigenvalue weighted by Gasteiger charge is -2.13. The second kappa shape index (κ2) is 10.1. The van der Waals surface area contributed by atoms with Gasteiger partial charge in [-0.05, 0) is 31.0 Å². The predicted molar refractivity (Wildman–Crippen MR) is 101 cm³/mol. The summed E-state index contributed by atoms with van der Waals surface area (Å²) in [7, 11) is 0. The molecule has 1 atom stereocenters. The van der Waals surface area contributed by atoms with Crippen LogP contribution in [0.2, 0.25) is 0 Å². The highest BCUT2D eigenvalue weighted by molar-refractivity contribution is 6.00. The molecule has 0 fully saturated rings. The molecule has 0 bridgehead atoms. The summed E-state index contributed by atoms with van der Waals surface area (Å²) in [6.07, 6.45) is -0.0466. The minimum absolute atomic E-state index is 0.213. The van der Waals surface area contributed by atoms with Crippen molar-refractivity contribution in [3.8, 4) is 5.75 Å². The highest BCUT2D eigenvalue weighted by Crippen LogP contribution is 2.10. The Labute approximate surface area is 158 Å². The van der Waals surface area contributed by atoms with Crippen molar-refractivity contribution in [1.29, 1.82) is 0 Å². The van der Waals surface area contributed by atoms with Gasteiger partial charge >= 0.3 is 5.97 Å². The number of nitrogens with one attached hydrogen (secondary N) is 1. The fourth-order valence-corrected chi connectivity index (χ4v) is 2.32. The molecule has 1 amide bonds. The third kappa shape index (κ3) is 6.58. The lowest BCUT2D eigenvalue weighted by Crippen LogP contribution is -2.36. The van der Waals surface area contributed by atoms with Gasteiger partial charge in [-0.15, -0.1) is 0 Å². The molecule has 0 aliphatic carbocycles. The molecule has 1 unspecified atom stereocenters. The normalized spacial score (nSPS) is 11.3. The minimum Gasteiger partial charge on any atom is -0.484 e. The first kappa shape index (κ1) is 20.2. The molecule has 0 aliphatic rings. The van der Waals surface area contributed by atoms with Crippen LogP contribution in [-0.2, 0) is 20.7 Å². The van der Waals surface area contributed by atoms with Crippen molar-refractivity contribution in [2.75, 3.05) is 13.2 Å². The van der Waals surface area contributed by atoms with Crippen LogP contribution in [0.5, 0.6) is 5.75 Å². The monoisotopic (exact) mass is 369 g/mol. The Bertz CT molecular complexity index is 771. The maximum atomic E-state index is 12.3. The maximum Gasteiger partial charge on any atom is 0.326 e. The zero-order chi connectivity index (χ0) is 19.6. The molecule has 0 aromatic heterocycles. The molecule has 6 heteroatoms. The van der Waals surface area contributed by atoms with E-state index in [2.05, 4.69) is 5.32 Å². The van der Waals surface area contributed by atoms with E-state index in [0.29, 0.717) is 11.3 Å². The van der Waals surface area contributed by atoms with E-state index in [-0.39, 0.29) is 18.9 Å². The standard InChI is InChI=1S/C21H23NO5/c1-3-16-9-11-17(12-10-16)21(25)15(2)27-20(24)13-22-19(23)14-26-18-7-5-4-6-8-18/h4-12,15H,3,13-14H2,1-2H3,(H,22,23). The molecule has 1 N–H and O–H groups in total. The van der Waals surface area contributed by atoms with Crippen molar-refractivity contribution in [2.24, 2.45) is 0 Å². The van der Waals surface area contributed by atoms with Crippen LogP contribution < -0.4 is 10.1 Å². The Morgan fingerprint density at radius 3 is 2.30 bits per heavy atom. The van der Waals surface area contributed by atoms with Crippen molar-refractivity contribution in [1.82, 2.24) is 5.32 Å². The van der Waals surface area contributed by atoms with Crippen LogP contribution in [0.3, 0.4) is 0 Å². The molecule has 27 heavy (non-hydrogen) atoms. The van der Waals surface area contributed by atoms with E-state index in [0.717, 1.165) is 12.0 Å². The lowest BCUT2D eigenvalue weighted by molar-refractivity contribution is -0.146. The molecule has 0 spiro atoms. The van der Waals surface area contributed by atoms with Crippen LogP contribution in [0.15, 0.2) is 54.6 Å². The van der Waals surface area contributed by atoms with Gasteiger partial charge in [-0.25, -0.2) is 0 Å². The van der Waals surface area contributed by atoms with Crippen LogP contribution in [-0.4, -0.2) is 36.9 Å². The molecule has 0 heterocycles. The average Bonchev–Trinajstić information content (AvgIpc) is 2.71. The number of para-hydroxylation sites is 1. The number of hydrogen-bond donors (Lipinski definition) is 1. The Morgan fingerprint density at radius 2 is 1.67 bits per heavy atom. The topological polar surface area (TPSA) is 81.7 Å². The number of amides is 1. The predicted octanol–water partition coefficient (Wildman–Crippen LogP) is 2.56. The smallest absolute Gasteiger partial charge is 0.326 e. The number of rotatable bonds is 9. The molecule has 0 saturated heterocycles. The van der Waals surface area contributed by atoms with Crippen LogP contribution in [0.25, 0.3) is 0 Å². The number of ether oxygens (including phenoxy) is 2. The van der Waals surface area contributed by atoms with Gasteiger partial charge in [0.15, 0.2) is 12.7 Å². The quantitative estimate of drug-likeness (QED) is 0.543. The molecule has 2 aromatic carbocycles. The Balaban J connectivity index is 1.73. The van der Waals surface area contributed by atoms with E-state index in [9.17, 15) is 14.4 Å². The Kier molecular flexibility index (Phi) is 7.55. The summed E-state index contributed by atoms with van der Waals surface area (Å²) in [6.45, 7) is 2.99. The van der Waals surface area contributed by atoms with Crippen molar-refractivity contribution < 1.29 is 23.9 Å². The second-order valence-corrected chi connectivity index (χ2v) is 5.93. The number of Topliss-reactive ketones (excluding diaryl/α,β-unsaturated/α-hetero) is 1. The molecule has 2 aromatic rings. The molecule has 142 valence electrons. The van der Waals surface area contributed by atoms with Crippen LogP contribution >= 0.6 is 0 Å². The average molecular weight is 369 g/mol. The molecule has 0 radical (unpaired) electrons.